The van der Waals surface area contributed by atoms with Crippen LogP contribution in [0.1, 0.15) is 29.1 Å². The van der Waals surface area contributed by atoms with Gasteiger partial charge in [-0.3, -0.25) is 4.90 Å². The third-order valence-electron chi connectivity index (χ3n) is 3.10. The lowest BCUT2D eigenvalue weighted by molar-refractivity contribution is 0.109. The van der Waals surface area contributed by atoms with Gasteiger partial charge in [-0.1, -0.05) is 6.92 Å². The number of hydrogen-bond acceptors (Lipinski definition) is 5. The van der Waals surface area contributed by atoms with Crippen LogP contribution in [0.25, 0.3) is 0 Å². The largest absolute Gasteiger partial charge is 0.395 e. The van der Waals surface area contributed by atoms with E-state index in [9.17, 15) is 0 Å². The Bertz CT molecular complexity index is 337. The SMILES string of the molecule is CCC(N)C(c1ccc(C)s1)N(CCO)CCO. The highest BCUT2D eigenvalue weighted by atomic mass is 32.1. The minimum Gasteiger partial charge on any atom is -0.395 e. The van der Waals surface area contributed by atoms with Crippen LogP contribution in [0.5, 0.6) is 0 Å². The van der Waals surface area contributed by atoms with Crippen LogP contribution in [0.15, 0.2) is 12.1 Å². The fourth-order valence-electron chi connectivity index (χ4n) is 2.14. The Morgan fingerprint density at radius 2 is 1.89 bits per heavy atom. The number of aliphatic hydroxyl groups excluding tert-OH is 2. The Morgan fingerprint density at radius 1 is 1.28 bits per heavy atom. The first-order chi connectivity index (χ1) is 8.63. The molecular formula is C13H24N2O2S. The predicted molar refractivity (Wildman–Crippen MR) is 75.8 cm³/mol. The smallest absolute Gasteiger partial charge is 0.0595 e. The van der Waals surface area contributed by atoms with Crippen LogP contribution in [0.4, 0.5) is 0 Å². The van der Waals surface area contributed by atoms with E-state index in [1.807, 2.05) is 0 Å². The van der Waals surface area contributed by atoms with Crippen molar-refractivity contribution in [3.8, 4) is 0 Å². The molecule has 0 bridgehead atoms. The normalized spacial score (nSPS) is 15.0. The van der Waals surface area contributed by atoms with E-state index in [-0.39, 0.29) is 25.3 Å². The van der Waals surface area contributed by atoms with Gasteiger partial charge in [0.15, 0.2) is 0 Å². The van der Waals surface area contributed by atoms with Gasteiger partial charge >= 0.3 is 0 Å². The lowest BCUT2D eigenvalue weighted by Crippen LogP contribution is -2.43. The zero-order valence-corrected chi connectivity index (χ0v) is 12.0. The summed E-state index contributed by atoms with van der Waals surface area (Å²) < 4.78 is 0. The topological polar surface area (TPSA) is 69.7 Å². The summed E-state index contributed by atoms with van der Waals surface area (Å²) in [6.07, 6.45) is 0.870. The molecule has 104 valence electrons. The fraction of sp³-hybridized carbons (Fsp3) is 0.692. The van der Waals surface area contributed by atoms with Gasteiger partial charge in [-0.2, -0.15) is 0 Å². The molecule has 0 amide bonds. The maximum atomic E-state index is 9.16. The first-order valence-corrected chi connectivity index (χ1v) is 7.23. The molecule has 4 nitrogen and oxygen atoms in total. The van der Waals surface area contributed by atoms with Crippen molar-refractivity contribution in [2.45, 2.75) is 32.4 Å². The van der Waals surface area contributed by atoms with E-state index in [1.165, 1.54) is 9.75 Å². The van der Waals surface area contributed by atoms with E-state index in [4.69, 9.17) is 15.9 Å². The van der Waals surface area contributed by atoms with E-state index < -0.39 is 0 Å². The van der Waals surface area contributed by atoms with Gasteiger partial charge in [0.05, 0.1) is 19.3 Å². The van der Waals surface area contributed by atoms with Crippen molar-refractivity contribution in [2.75, 3.05) is 26.3 Å². The van der Waals surface area contributed by atoms with Crippen molar-refractivity contribution in [1.82, 2.24) is 4.90 Å². The van der Waals surface area contributed by atoms with Crippen LogP contribution in [-0.4, -0.2) is 47.5 Å². The van der Waals surface area contributed by atoms with Crippen molar-refractivity contribution in [1.29, 1.82) is 0 Å². The Morgan fingerprint density at radius 3 is 2.28 bits per heavy atom. The van der Waals surface area contributed by atoms with Crippen LogP contribution in [0, 0.1) is 6.92 Å². The van der Waals surface area contributed by atoms with Crippen molar-refractivity contribution in [2.24, 2.45) is 5.73 Å². The zero-order chi connectivity index (χ0) is 13.5. The summed E-state index contributed by atoms with van der Waals surface area (Å²) in [5, 5.41) is 18.3. The minimum absolute atomic E-state index is 0.0150. The Labute approximate surface area is 113 Å². The molecule has 1 aromatic rings. The zero-order valence-electron chi connectivity index (χ0n) is 11.2. The van der Waals surface area contributed by atoms with Gasteiger partial charge in [0.1, 0.15) is 0 Å². The summed E-state index contributed by atoms with van der Waals surface area (Å²) in [7, 11) is 0. The molecular weight excluding hydrogens is 248 g/mol. The number of aryl methyl sites for hydroxylation is 1. The number of hydrogen-bond donors (Lipinski definition) is 3. The van der Waals surface area contributed by atoms with Gasteiger partial charge in [0, 0.05) is 28.9 Å². The number of nitrogens with two attached hydrogens (primary N) is 1. The second-order valence-electron chi connectivity index (χ2n) is 4.45. The van der Waals surface area contributed by atoms with Crippen LogP contribution in [0.2, 0.25) is 0 Å². The van der Waals surface area contributed by atoms with Gasteiger partial charge in [0.2, 0.25) is 0 Å². The van der Waals surface area contributed by atoms with Gasteiger partial charge in [-0.25, -0.2) is 0 Å². The minimum atomic E-state index is 0.0150. The second-order valence-corrected chi connectivity index (χ2v) is 5.77. The number of aliphatic hydroxyl groups is 2. The summed E-state index contributed by atoms with van der Waals surface area (Å²) in [4.78, 5) is 4.54. The molecule has 2 unspecified atom stereocenters. The summed E-state index contributed by atoms with van der Waals surface area (Å²) in [5.74, 6) is 0. The molecule has 5 heteroatoms. The third kappa shape index (κ3) is 4.03. The average molecular weight is 272 g/mol. The molecule has 0 aliphatic carbocycles. The lowest BCUT2D eigenvalue weighted by atomic mass is 10.0. The van der Waals surface area contributed by atoms with E-state index in [0.717, 1.165) is 6.42 Å². The molecule has 4 N–H and O–H groups in total. The van der Waals surface area contributed by atoms with E-state index >= 15 is 0 Å². The molecule has 0 aliphatic rings. The molecule has 0 aliphatic heterocycles. The number of nitrogens with zero attached hydrogens (tertiary/aromatic N) is 1. The number of rotatable bonds is 8. The monoisotopic (exact) mass is 272 g/mol. The van der Waals surface area contributed by atoms with Gasteiger partial charge in [-0.15, -0.1) is 11.3 Å². The quantitative estimate of drug-likeness (QED) is 0.663. The maximum Gasteiger partial charge on any atom is 0.0595 e. The summed E-state index contributed by atoms with van der Waals surface area (Å²) >= 11 is 1.73. The molecule has 1 aromatic heterocycles. The molecule has 2 atom stereocenters. The molecule has 1 rings (SSSR count). The highest BCUT2D eigenvalue weighted by molar-refractivity contribution is 7.12. The van der Waals surface area contributed by atoms with Crippen molar-refractivity contribution in [3.05, 3.63) is 21.9 Å². The summed E-state index contributed by atoms with van der Waals surface area (Å²) in [6.45, 7) is 5.37. The highest BCUT2D eigenvalue weighted by Crippen LogP contribution is 2.30. The van der Waals surface area contributed by atoms with Crippen molar-refractivity contribution < 1.29 is 10.2 Å². The summed E-state index contributed by atoms with van der Waals surface area (Å²) in [5.41, 5.74) is 6.22. The van der Waals surface area contributed by atoms with Crippen molar-refractivity contribution in [3.63, 3.8) is 0 Å². The predicted octanol–water partition coefficient (Wildman–Crippen LogP) is 1.12. The van der Waals surface area contributed by atoms with E-state index in [2.05, 4.69) is 30.9 Å². The Hall–Kier alpha value is -0.460. The van der Waals surface area contributed by atoms with Crippen LogP contribution < -0.4 is 5.73 Å². The molecule has 0 spiro atoms. The lowest BCUT2D eigenvalue weighted by Gasteiger charge is -2.33. The first kappa shape index (κ1) is 15.6. The highest BCUT2D eigenvalue weighted by Gasteiger charge is 2.26. The molecule has 18 heavy (non-hydrogen) atoms. The van der Waals surface area contributed by atoms with Crippen molar-refractivity contribution >= 4 is 11.3 Å². The number of thiophene rings is 1. The molecule has 0 radical (unpaired) electrons. The van der Waals surface area contributed by atoms with Crippen LogP contribution in [-0.2, 0) is 0 Å². The second kappa shape index (κ2) is 7.86. The molecule has 0 saturated carbocycles. The summed E-state index contributed by atoms with van der Waals surface area (Å²) in [6, 6.07) is 4.28. The van der Waals surface area contributed by atoms with E-state index in [1.54, 1.807) is 11.3 Å². The van der Waals surface area contributed by atoms with Crippen LogP contribution in [0.3, 0.4) is 0 Å². The molecule has 0 saturated heterocycles. The molecule has 0 fully saturated rings. The standard InChI is InChI=1S/C13H24N2O2S/c1-3-11(14)13(12-5-4-10(2)18-12)15(6-8-16)7-9-17/h4-5,11,13,16-17H,3,6-9,14H2,1-2H3. The fourth-order valence-corrected chi connectivity index (χ4v) is 3.23. The van der Waals surface area contributed by atoms with E-state index in [0.29, 0.717) is 13.1 Å². The molecule has 1 heterocycles. The Kier molecular flexibility index (Phi) is 6.81. The van der Waals surface area contributed by atoms with Gasteiger partial charge in [0.25, 0.3) is 0 Å². The Balaban J connectivity index is 2.94. The molecule has 0 aromatic carbocycles. The van der Waals surface area contributed by atoms with Crippen LogP contribution >= 0.6 is 11.3 Å². The van der Waals surface area contributed by atoms with Gasteiger partial charge in [-0.05, 0) is 25.5 Å². The first-order valence-electron chi connectivity index (χ1n) is 6.41. The third-order valence-corrected chi connectivity index (χ3v) is 4.17. The van der Waals surface area contributed by atoms with Gasteiger partial charge < -0.3 is 15.9 Å². The average Bonchev–Trinajstić information content (AvgIpc) is 2.76. The maximum absolute atomic E-state index is 9.16.